The first-order valence-electron chi connectivity index (χ1n) is 13.0. The maximum absolute atomic E-state index is 14.3. The average molecular weight is 555 g/mol. The minimum Gasteiger partial charge on any atom is -0.365 e. The molecule has 0 aromatic heterocycles. The molecule has 3 aromatic rings. The average Bonchev–Trinajstić information content (AvgIpc) is 3.15. The third kappa shape index (κ3) is 4.58. The van der Waals surface area contributed by atoms with Crippen LogP contribution in [0.15, 0.2) is 114 Å². The Balaban J connectivity index is 1.32. The molecule has 2 N–H and O–H groups in total. The van der Waals surface area contributed by atoms with Gasteiger partial charge in [0.1, 0.15) is 19.0 Å². The van der Waals surface area contributed by atoms with Gasteiger partial charge in [0.15, 0.2) is 11.4 Å². The van der Waals surface area contributed by atoms with Crippen LogP contribution in [0.3, 0.4) is 0 Å². The van der Waals surface area contributed by atoms with E-state index in [1.165, 1.54) is 12.1 Å². The minimum absolute atomic E-state index is 0.0155. The molecule has 6 nitrogen and oxygen atoms in total. The number of halogens is 2. The van der Waals surface area contributed by atoms with E-state index < -0.39 is 11.7 Å². The van der Waals surface area contributed by atoms with Crippen LogP contribution in [0.25, 0.3) is 11.1 Å². The molecule has 1 atom stereocenters. The standard InChI is InChI=1S/C32H25ClFN3O3/c33-29-17-24(36-31(38)28-16-23(34)10-12-26(28)21-6-2-1-3-7-21)11-13-27(29)32(39)37-14-15-40-20-25(37)19-35-18-22-8-4-5-9-30(22)37/h1-7,9-13,16-19,35H,8,14-15,20H2/p+1. The van der Waals surface area contributed by atoms with Gasteiger partial charge in [0.05, 0.1) is 29.0 Å². The number of carbonyl (C=O) groups is 2. The van der Waals surface area contributed by atoms with Crippen molar-refractivity contribution in [3.8, 4) is 11.1 Å². The van der Waals surface area contributed by atoms with Crippen molar-refractivity contribution in [3.05, 3.63) is 136 Å². The predicted octanol–water partition coefficient (Wildman–Crippen LogP) is 6.56. The lowest BCUT2D eigenvalue weighted by Crippen LogP contribution is -2.56. The number of nitrogens with zero attached hydrogens (tertiary/aromatic N) is 1. The van der Waals surface area contributed by atoms with Crippen LogP contribution in [0, 0.1) is 5.82 Å². The van der Waals surface area contributed by atoms with E-state index in [-0.39, 0.29) is 21.0 Å². The van der Waals surface area contributed by atoms with Crippen LogP contribution in [0.5, 0.6) is 0 Å². The molecule has 0 spiro atoms. The lowest BCUT2D eigenvalue weighted by molar-refractivity contribution is -0.779. The minimum atomic E-state index is -0.515. The van der Waals surface area contributed by atoms with Crippen molar-refractivity contribution in [1.82, 2.24) is 5.32 Å². The van der Waals surface area contributed by atoms with Crippen LogP contribution in [0.4, 0.5) is 10.1 Å². The lowest BCUT2D eigenvalue weighted by Gasteiger charge is -2.41. The highest BCUT2D eigenvalue weighted by Gasteiger charge is 2.50. The van der Waals surface area contributed by atoms with Gasteiger partial charge in [-0.2, -0.15) is 4.48 Å². The van der Waals surface area contributed by atoms with Crippen LogP contribution in [0.2, 0.25) is 5.02 Å². The Morgan fingerprint density at radius 1 is 1.00 bits per heavy atom. The smallest absolute Gasteiger partial charge is 0.357 e. The van der Waals surface area contributed by atoms with Gasteiger partial charge in [-0.05, 0) is 47.9 Å². The van der Waals surface area contributed by atoms with E-state index in [0.717, 1.165) is 22.5 Å². The molecular formula is C32H26ClFN3O3+. The van der Waals surface area contributed by atoms with Gasteiger partial charge >= 0.3 is 5.91 Å². The van der Waals surface area contributed by atoms with Crippen LogP contribution >= 0.6 is 11.6 Å². The normalized spacial score (nSPS) is 19.6. The third-order valence-corrected chi connectivity index (χ3v) is 7.71. The van der Waals surface area contributed by atoms with Crippen molar-refractivity contribution in [1.29, 1.82) is 0 Å². The van der Waals surface area contributed by atoms with Gasteiger partial charge in [0.25, 0.3) is 5.91 Å². The van der Waals surface area contributed by atoms with Gasteiger partial charge in [-0.15, -0.1) is 0 Å². The number of benzene rings is 3. The number of carbonyl (C=O) groups excluding carboxylic acids is 2. The summed E-state index contributed by atoms with van der Waals surface area (Å²) >= 11 is 6.71. The number of hydrogen-bond acceptors (Lipinski definition) is 4. The summed E-state index contributed by atoms with van der Waals surface area (Å²) in [6.07, 6.45) is 10.5. The second kappa shape index (κ2) is 10.7. The quantitative estimate of drug-likeness (QED) is 0.359. The summed E-state index contributed by atoms with van der Waals surface area (Å²) in [5.41, 5.74) is 5.02. The first kappa shape index (κ1) is 26.0. The Kier molecular flexibility index (Phi) is 6.94. The van der Waals surface area contributed by atoms with Crippen LogP contribution in [0.1, 0.15) is 27.1 Å². The van der Waals surface area contributed by atoms with E-state index >= 15 is 0 Å². The maximum Gasteiger partial charge on any atom is 0.357 e. The lowest BCUT2D eigenvalue weighted by atomic mass is 9.98. The molecule has 2 heterocycles. The molecule has 1 fully saturated rings. The number of anilines is 1. The molecule has 0 radical (unpaired) electrons. The Morgan fingerprint density at radius 3 is 2.67 bits per heavy atom. The monoisotopic (exact) mass is 554 g/mol. The summed E-state index contributed by atoms with van der Waals surface area (Å²) < 4.78 is 19.9. The van der Waals surface area contributed by atoms with Gasteiger partial charge in [-0.3, -0.25) is 4.79 Å². The Hall–Kier alpha value is -4.30. The van der Waals surface area contributed by atoms with E-state index in [1.54, 1.807) is 24.3 Å². The molecule has 200 valence electrons. The molecule has 8 heteroatoms. The van der Waals surface area contributed by atoms with Crippen LogP contribution < -0.4 is 10.6 Å². The second-order valence-corrected chi connectivity index (χ2v) is 10.2. The largest absolute Gasteiger partial charge is 0.365 e. The number of allylic oxidation sites excluding steroid dienone is 4. The van der Waals surface area contributed by atoms with Gasteiger partial charge in [0.2, 0.25) is 0 Å². The first-order chi connectivity index (χ1) is 19.5. The Labute approximate surface area is 236 Å². The molecule has 2 amide bonds. The van der Waals surface area contributed by atoms with E-state index in [2.05, 4.69) is 16.7 Å². The number of morpholine rings is 1. The second-order valence-electron chi connectivity index (χ2n) is 9.75. The highest BCUT2D eigenvalue weighted by atomic mass is 35.5. The molecule has 0 saturated carbocycles. The number of amides is 2. The maximum atomic E-state index is 14.3. The van der Waals surface area contributed by atoms with E-state index in [0.29, 0.717) is 43.0 Å². The fourth-order valence-corrected chi connectivity index (χ4v) is 5.72. The number of ether oxygens (including phenoxy) is 1. The molecule has 1 aliphatic carbocycles. The third-order valence-electron chi connectivity index (χ3n) is 7.40. The number of nitrogens with one attached hydrogen (secondary N) is 2. The van der Waals surface area contributed by atoms with Crippen molar-refractivity contribution < 1.29 is 23.2 Å². The van der Waals surface area contributed by atoms with Gasteiger partial charge in [-0.1, -0.05) is 60.2 Å². The predicted molar refractivity (Wildman–Crippen MR) is 153 cm³/mol. The fraction of sp³-hybridized carbons (Fsp3) is 0.125. The number of fused-ring (bicyclic) bond motifs is 3. The summed E-state index contributed by atoms with van der Waals surface area (Å²) in [5, 5.41) is 6.23. The number of hydrogen-bond donors (Lipinski definition) is 2. The van der Waals surface area contributed by atoms with Crippen LogP contribution in [-0.4, -0.2) is 36.1 Å². The summed E-state index contributed by atoms with van der Waals surface area (Å²) in [6.45, 7) is 1.16. The first-order valence-corrected chi connectivity index (χ1v) is 13.3. The molecule has 0 bridgehead atoms. The van der Waals surface area contributed by atoms with Crippen LogP contribution in [-0.2, 0) is 4.74 Å². The Morgan fingerprint density at radius 2 is 1.85 bits per heavy atom. The van der Waals surface area contributed by atoms with Crippen molar-refractivity contribution in [2.45, 2.75) is 6.42 Å². The van der Waals surface area contributed by atoms with Gasteiger partial charge in [-0.25, -0.2) is 9.18 Å². The summed E-state index contributed by atoms with van der Waals surface area (Å²) in [4.78, 5) is 27.6. The zero-order chi connectivity index (χ0) is 27.7. The Bertz CT molecular complexity index is 1640. The van der Waals surface area contributed by atoms with Crippen molar-refractivity contribution >= 4 is 29.1 Å². The van der Waals surface area contributed by atoms with Gasteiger partial charge in [0, 0.05) is 23.5 Å². The topological polar surface area (TPSA) is 67.4 Å². The highest BCUT2D eigenvalue weighted by molar-refractivity contribution is 6.34. The molecule has 1 saturated heterocycles. The zero-order valence-electron chi connectivity index (χ0n) is 21.5. The van der Waals surface area contributed by atoms with E-state index in [1.807, 2.05) is 54.9 Å². The molecule has 3 aliphatic rings. The van der Waals surface area contributed by atoms with Gasteiger partial charge < -0.3 is 15.4 Å². The van der Waals surface area contributed by atoms with E-state index in [9.17, 15) is 14.0 Å². The molecule has 3 aromatic carbocycles. The summed E-state index contributed by atoms with van der Waals surface area (Å²) in [5.74, 6) is -1.18. The van der Waals surface area contributed by atoms with Crippen molar-refractivity contribution in [2.24, 2.45) is 0 Å². The molecule has 1 unspecified atom stereocenters. The molecular weight excluding hydrogens is 529 g/mol. The SMILES string of the molecule is O=C(Nc1ccc(C(=O)[N+]23CCOCC2=CNC=C2CC=CC=C23)c(Cl)c1)c1cc(F)ccc1-c1ccccc1. The van der Waals surface area contributed by atoms with E-state index in [4.69, 9.17) is 16.3 Å². The molecule has 6 rings (SSSR count). The fourth-order valence-electron chi connectivity index (χ4n) is 5.45. The zero-order valence-corrected chi connectivity index (χ0v) is 22.2. The number of quaternary nitrogens is 1. The number of rotatable bonds is 4. The molecule has 2 aliphatic heterocycles. The summed E-state index contributed by atoms with van der Waals surface area (Å²) in [6, 6.07) is 18.3. The van der Waals surface area contributed by atoms with Crippen molar-refractivity contribution in [2.75, 3.05) is 25.1 Å². The summed E-state index contributed by atoms with van der Waals surface area (Å²) in [7, 11) is 0. The van der Waals surface area contributed by atoms with Crippen molar-refractivity contribution in [3.63, 3.8) is 0 Å². The molecule has 40 heavy (non-hydrogen) atoms. The highest BCUT2D eigenvalue weighted by Crippen LogP contribution is 2.40.